The maximum absolute atomic E-state index is 15.2. The van der Waals surface area contributed by atoms with Crippen molar-refractivity contribution in [2.75, 3.05) is 13.1 Å². The van der Waals surface area contributed by atoms with Crippen molar-refractivity contribution >= 4 is 34.7 Å². The first-order valence-electron chi connectivity index (χ1n) is 11.5. The van der Waals surface area contributed by atoms with Gasteiger partial charge >= 0.3 is 0 Å². The summed E-state index contributed by atoms with van der Waals surface area (Å²) in [7, 11) is 0. The number of amidine groups is 1. The second-order valence-electron chi connectivity index (χ2n) is 9.33. The van der Waals surface area contributed by atoms with Gasteiger partial charge in [0.2, 0.25) is 5.91 Å². The highest BCUT2D eigenvalue weighted by Gasteiger charge is 2.71. The van der Waals surface area contributed by atoms with Crippen molar-refractivity contribution in [2.45, 2.75) is 42.9 Å². The van der Waals surface area contributed by atoms with Crippen LogP contribution in [0.15, 0.2) is 35.6 Å². The molecule has 0 spiro atoms. The molecule has 1 saturated carbocycles. The number of nitriles is 1. The molecule has 1 aromatic carbocycles. The molecule has 0 radical (unpaired) electrons. The lowest BCUT2D eigenvalue weighted by Crippen LogP contribution is -2.47. The van der Waals surface area contributed by atoms with Gasteiger partial charge in [-0.15, -0.1) is 0 Å². The average Bonchev–Trinajstić information content (AvgIpc) is 3.62. The van der Waals surface area contributed by atoms with Gasteiger partial charge in [-0.2, -0.15) is 5.26 Å². The highest BCUT2D eigenvalue weighted by atomic mass is 32.2. The van der Waals surface area contributed by atoms with Crippen LogP contribution in [0.5, 0.6) is 0 Å². The van der Waals surface area contributed by atoms with E-state index in [9.17, 15) is 9.18 Å². The van der Waals surface area contributed by atoms with E-state index in [2.05, 4.69) is 15.0 Å². The van der Waals surface area contributed by atoms with E-state index >= 15 is 4.39 Å². The van der Waals surface area contributed by atoms with Crippen LogP contribution in [-0.2, 0) is 10.3 Å². The van der Waals surface area contributed by atoms with E-state index in [1.54, 1.807) is 13.0 Å². The molecule has 35 heavy (non-hydrogen) atoms. The number of nitrogens with zero attached hydrogens (tertiary/aromatic N) is 5. The number of hydrogen-bond donors (Lipinski definition) is 1. The highest BCUT2D eigenvalue weighted by molar-refractivity contribution is 8.15. The van der Waals surface area contributed by atoms with Crippen LogP contribution in [0.4, 0.5) is 8.78 Å². The molecule has 0 unspecified atom stereocenters. The Morgan fingerprint density at radius 1 is 1.29 bits per heavy atom. The van der Waals surface area contributed by atoms with Gasteiger partial charge in [0, 0.05) is 24.6 Å². The number of carbonyl (C=O) groups is 1. The fourth-order valence-corrected chi connectivity index (χ4v) is 6.62. The van der Waals surface area contributed by atoms with Gasteiger partial charge in [-0.25, -0.2) is 18.7 Å². The lowest BCUT2D eigenvalue weighted by Gasteiger charge is -2.37. The van der Waals surface area contributed by atoms with Crippen molar-refractivity contribution in [2.24, 2.45) is 16.6 Å². The molecule has 1 aliphatic carbocycles. The van der Waals surface area contributed by atoms with Crippen LogP contribution >= 0.6 is 11.8 Å². The summed E-state index contributed by atoms with van der Waals surface area (Å²) in [5, 5.41) is 9.09. The number of halogens is 2. The number of benzene rings is 1. The number of amides is 1. The van der Waals surface area contributed by atoms with E-state index in [0.717, 1.165) is 32.4 Å². The van der Waals surface area contributed by atoms with Crippen molar-refractivity contribution in [1.29, 1.82) is 5.26 Å². The van der Waals surface area contributed by atoms with Crippen molar-refractivity contribution in [3.63, 3.8) is 0 Å². The molecule has 2 fully saturated rings. The van der Waals surface area contributed by atoms with Crippen LogP contribution in [0.3, 0.4) is 0 Å². The molecule has 2 N–H and O–H groups in total. The molecular formula is C25H24F2N6OS. The number of thioether (sulfide) groups is 1. The fraction of sp³-hybridized carbons (Fsp3) is 0.400. The van der Waals surface area contributed by atoms with Crippen molar-refractivity contribution in [3.05, 3.63) is 58.9 Å². The molecule has 180 valence electrons. The fourth-order valence-electron chi connectivity index (χ4n) is 5.17. The summed E-state index contributed by atoms with van der Waals surface area (Å²) in [6.07, 6.45) is 7.22. The Morgan fingerprint density at radius 2 is 2.06 bits per heavy atom. The number of hydrogen-bond acceptors (Lipinski definition) is 7. The number of carbonyl (C=O) groups excluding carboxylic acids is 1. The number of fused-ring (bicyclic) bond motifs is 1. The largest absolute Gasteiger partial charge is 0.378 e. The average molecular weight is 495 g/mol. The standard InChI is InChI=1S/C25H24F2N6OS/c1-24(21-11-25(21,35-23(29)32-24)22(34)33-7-3-2-4-8-33)17-9-15(5-6-18(17)26)10-19(27)20-14-30-16(12-28)13-31-20/h5-6,9-10,13-14,21H,2-4,7-8,11H2,1H3,(H2,29,32)/t21-,24+,25-/m0/s1. The Labute approximate surface area is 206 Å². The van der Waals surface area contributed by atoms with E-state index in [-0.39, 0.29) is 33.9 Å². The lowest BCUT2D eigenvalue weighted by atomic mass is 9.84. The third-order valence-electron chi connectivity index (χ3n) is 7.06. The van der Waals surface area contributed by atoms with Crippen LogP contribution in [0.1, 0.15) is 55.1 Å². The summed E-state index contributed by atoms with van der Waals surface area (Å²) in [4.78, 5) is 27.7. The highest BCUT2D eigenvalue weighted by Crippen LogP contribution is 2.66. The van der Waals surface area contributed by atoms with E-state index in [1.165, 1.54) is 42.4 Å². The molecule has 2 aliphatic heterocycles. The molecule has 10 heteroatoms. The van der Waals surface area contributed by atoms with Crippen molar-refractivity contribution < 1.29 is 13.6 Å². The molecule has 1 saturated heterocycles. The molecule has 1 aromatic heterocycles. The maximum Gasteiger partial charge on any atom is 0.239 e. The zero-order chi connectivity index (χ0) is 24.8. The van der Waals surface area contributed by atoms with Gasteiger partial charge in [0.05, 0.1) is 17.9 Å². The molecule has 0 bridgehead atoms. The third kappa shape index (κ3) is 4.08. The number of aromatic nitrogens is 2. The number of likely N-dealkylation sites (tertiary alicyclic amines) is 1. The van der Waals surface area contributed by atoms with Crippen LogP contribution in [-0.4, -0.2) is 43.8 Å². The summed E-state index contributed by atoms with van der Waals surface area (Å²) in [6, 6.07) is 6.11. The number of piperidine rings is 1. The van der Waals surface area contributed by atoms with Gasteiger partial charge in [-0.3, -0.25) is 9.79 Å². The van der Waals surface area contributed by atoms with E-state index in [4.69, 9.17) is 11.0 Å². The molecule has 2 aromatic rings. The Balaban J connectivity index is 1.47. The first-order valence-corrected chi connectivity index (χ1v) is 12.3. The van der Waals surface area contributed by atoms with Gasteiger partial charge in [0.25, 0.3) is 0 Å². The Kier molecular flexibility index (Phi) is 5.83. The smallest absolute Gasteiger partial charge is 0.239 e. The van der Waals surface area contributed by atoms with Crippen LogP contribution in [0, 0.1) is 23.1 Å². The Hall–Kier alpha value is -3.32. The summed E-state index contributed by atoms with van der Waals surface area (Å²) in [6.45, 7) is 3.26. The molecular weight excluding hydrogens is 470 g/mol. The Morgan fingerprint density at radius 3 is 2.74 bits per heavy atom. The monoisotopic (exact) mass is 494 g/mol. The molecule has 1 amide bonds. The van der Waals surface area contributed by atoms with Crippen LogP contribution < -0.4 is 5.73 Å². The molecule has 7 nitrogen and oxygen atoms in total. The first kappa shape index (κ1) is 23.4. The lowest BCUT2D eigenvalue weighted by molar-refractivity contribution is -0.132. The SMILES string of the molecule is C[C@]1(c2cc(C=C(F)c3cnc(C#N)cn3)ccc2F)N=C(N)S[C@@]2(C(=O)N3CCCCC3)C[C@H]21. The van der Waals surface area contributed by atoms with Gasteiger partial charge in [-0.05, 0) is 56.4 Å². The second kappa shape index (κ2) is 8.72. The molecule has 3 heterocycles. The topological polar surface area (TPSA) is 108 Å². The first-order chi connectivity index (χ1) is 16.8. The normalized spacial score (nSPS) is 28.1. The predicted octanol–water partition coefficient (Wildman–Crippen LogP) is 4.00. The van der Waals surface area contributed by atoms with Crippen molar-refractivity contribution in [3.8, 4) is 6.07 Å². The van der Waals surface area contributed by atoms with Gasteiger partial charge in [-0.1, -0.05) is 17.8 Å². The molecule has 3 atom stereocenters. The molecule has 5 rings (SSSR count). The minimum Gasteiger partial charge on any atom is -0.378 e. The van der Waals surface area contributed by atoms with E-state index in [0.29, 0.717) is 12.0 Å². The third-order valence-corrected chi connectivity index (χ3v) is 8.35. The minimum atomic E-state index is -1.06. The van der Waals surface area contributed by atoms with Crippen molar-refractivity contribution in [1.82, 2.24) is 14.9 Å². The predicted molar refractivity (Wildman–Crippen MR) is 130 cm³/mol. The van der Waals surface area contributed by atoms with E-state index < -0.39 is 21.9 Å². The van der Waals surface area contributed by atoms with Crippen LogP contribution in [0.2, 0.25) is 0 Å². The summed E-state index contributed by atoms with van der Waals surface area (Å²) < 4.78 is 29.3. The quantitative estimate of drug-likeness (QED) is 0.688. The second-order valence-corrected chi connectivity index (χ2v) is 10.7. The summed E-state index contributed by atoms with van der Waals surface area (Å²) in [5.41, 5.74) is 5.86. The van der Waals surface area contributed by atoms with Gasteiger partial charge < -0.3 is 10.6 Å². The number of rotatable bonds is 4. The minimum absolute atomic E-state index is 0.0363. The zero-order valence-electron chi connectivity index (χ0n) is 19.2. The maximum atomic E-state index is 15.2. The summed E-state index contributed by atoms with van der Waals surface area (Å²) >= 11 is 1.29. The van der Waals surface area contributed by atoms with E-state index in [1.807, 2.05) is 11.0 Å². The zero-order valence-corrected chi connectivity index (χ0v) is 20.0. The van der Waals surface area contributed by atoms with Gasteiger partial charge in [0.15, 0.2) is 16.7 Å². The Bertz CT molecular complexity index is 1280. The number of nitrogens with two attached hydrogens (primary N) is 1. The van der Waals surface area contributed by atoms with Crippen LogP contribution in [0.25, 0.3) is 11.9 Å². The summed E-state index contributed by atoms with van der Waals surface area (Å²) in [5.74, 6) is -1.33. The van der Waals surface area contributed by atoms with Gasteiger partial charge in [0.1, 0.15) is 22.3 Å². The number of aliphatic imine (C=N–C) groups is 1. The molecule has 3 aliphatic rings.